The minimum absolute atomic E-state index is 0.107. The number of nitrogens with zero attached hydrogens (tertiary/aromatic N) is 3. The van der Waals surface area contributed by atoms with Gasteiger partial charge in [0, 0.05) is 5.69 Å². The van der Waals surface area contributed by atoms with E-state index in [1.54, 1.807) is 18.2 Å². The number of benzene rings is 2. The Labute approximate surface area is 182 Å². The van der Waals surface area contributed by atoms with Crippen LogP contribution >= 0.6 is 11.6 Å². The standard InChI is InChI=1S/C22H16ClFN4O3/c1-13-3-6-16(7-4-13)27-20(29)15(11-25)9-14-5-8-18(19(10-14)30-2)31-21-17(24)12-26-22(23)28-21/h3-10,12H,1-2H3,(H,27,29). The van der Waals surface area contributed by atoms with E-state index in [0.717, 1.165) is 11.8 Å². The number of amides is 1. The number of halogens is 2. The topological polar surface area (TPSA) is 97.1 Å². The SMILES string of the molecule is COc1cc(C=C(C#N)C(=O)Nc2ccc(C)cc2)ccc1Oc1nc(Cl)ncc1F. The molecule has 0 spiro atoms. The first-order valence-electron chi connectivity index (χ1n) is 8.93. The fourth-order valence-electron chi connectivity index (χ4n) is 2.52. The third-order valence-corrected chi connectivity index (χ3v) is 4.24. The summed E-state index contributed by atoms with van der Waals surface area (Å²) in [5.74, 6) is -1.31. The summed E-state index contributed by atoms with van der Waals surface area (Å²) in [5.41, 5.74) is 2.02. The van der Waals surface area contributed by atoms with Gasteiger partial charge in [0.2, 0.25) is 11.1 Å². The average Bonchev–Trinajstić information content (AvgIpc) is 2.76. The molecule has 1 N–H and O–H groups in total. The van der Waals surface area contributed by atoms with Crippen molar-refractivity contribution >= 4 is 29.3 Å². The molecular formula is C22H16ClFN4O3. The summed E-state index contributed by atoms with van der Waals surface area (Å²) in [6, 6.07) is 13.7. The van der Waals surface area contributed by atoms with Crippen molar-refractivity contribution < 1.29 is 18.7 Å². The van der Waals surface area contributed by atoms with E-state index in [1.807, 2.05) is 25.1 Å². The maximum Gasteiger partial charge on any atom is 0.266 e. The highest BCUT2D eigenvalue weighted by molar-refractivity contribution is 6.28. The maximum atomic E-state index is 13.8. The highest BCUT2D eigenvalue weighted by Crippen LogP contribution is 2.33. The van der Waals surface area contributed by atoms with Gasteiger partial charge in [0.1, 0.15) is 11.6 Å². The Morgan fingerprint density at radius 1 is 1.23 bits per heavy atom. The van der Waals surface area contributed by atoms with E-state index in [1.165, 1.54) is 25.3 Å². The molecule has 9 heteroatoms. The van der Waals surface area contributed by atoms with Gasteiger partial charge in [0.15, 0.2) is 11.5 Å². The molecule has 0 aliphatic heterocycles. The summed E-state index contributed by atoms with van der Waals surface area (Å²) in [6.07, 6.45) is 2.29. The third-order valence-electron chi connectivity index (χ3n) is 4.06. The quantitative estimate of drug-likeness (QED) is 0.333. The number of rotatable bonds is 6. The minimum Gasteiger partial charge on any atom is -0.493 e. The fraction of sp³-hybridized carbons (Fsp3) is 0.0909. The van der Waals surface area contributed by atoms with Gasteiger partial charge in [0.05, 0.1) is 13.3 Å². The number of nitriles is 1. The zero-order valence-electron chi connectivity index (χ0n) is 16.5. The fourth-order valence-corrected chi connectivity index (χ4v) is 2.64. The summed E-state index contributed by atoms with van der Waals surface area (Å²) in [4.78, 5) is 19.7. The van der Waals surface area contributed by atoms with E-state index in [4.69, 9.17) is 21.1 Å². The Balaban J connectivity index is 1.83. The van der Waals surface area contributed by atoms with E-state index in [9.17, 15) is 14.4 Å². The monoisotopic (exact) mass is 438 g/mol. The molecule has 1 amide bonds. The second kappa shape index (κ2) is 9.69. The molecule has 1 aromatic heterocycles. The van der Waals surface area contributed by atoms with Crippen LogP contribution < -0.4 is 14.8 Å². The lowest BCUT2D eigenvalue weighted by molar-refractivity contribution is -0.112. The summed E-state index contributed by atoms with van der Waals surface area (Å²) in [7, 11) is 1.40. The summed E-state index contributed by atoms with van der Waals surface area (Å²) >= 11 is 5.67. The Morgan fingerprint density at radius 3 is 2.65 bits per heavy atom. The molecule has 0 aliphatic rings. The van der Waals surface area contributed by atoms with Crippen LogP contribution in [-0.2, 0) is 4.79 Å². The van der Waals surface area contributed by atoms with Crippen LogP contribution in [-0.4, -0.2) is 23.0 Å². The molecule has 0 bridgehead atoms. The minimum atomic E-state index is -0.796. The van der Waals surface area contributed by atoms with Crippen molar-refractivity contribution in [2.75, 3.05) is 12.4 Å². The predicted octanol–water partition coefficient (Wildman–Crippen LogP) is 4.92. The summed E-state index contributed by atoms with van der Waals surface area (Å²) in [5, 5.41) is 11.9. The van der Waals surface area contributed by atoms with E-state index in [0.29, 0.717) is 11.3 Å². The second-order valence-corrected chi connectivity index (χ2v) is 6.63. The van der Waals surface area contributed by atoms with Crippen LogP contribution in [0.25, 0.3) is 6.08 Å². The Kier molecular flexibility index (Phi) is 6.80. The molecule has 1 heterocycles. The first-order chi connectivity index (χ1) is 14.9. The molecule has 0 unspecified atom stereocenters. The number of carbonyl (C=O) groups is 1. The number of nitrogens with one attached hydrogen (secondary N) is 1. The Hall–Kier alpha value is -3.96. The van der Waals surface area contributed by atoms with E-state index < -0.39 is 11.7 Å². The smallest absolute Gasteiger partial charge is 0.266 e. The summed E-state index contributed by atoms with van der Waals surface area (Å²) < 4.78 is 24.5. The summed E-state index contributed by atoms with van der Waals surface area (Å²) in [6.45, 7) is 1.93. The van der Waals surface area contributed by atoms with E-state index in [-0.39, 0.29) is 28.2 Å². The molecule has 3 aromatic rings. The van der Waals surface area contributed by atoms with Crippen molar-refractivity contribution in [1.29, 1.82) is 5.26 Å². The predicted molar refractivity (Wildman–Crippen MR) is 113 cm³/mol. The van der Waals surface area contributed by atoms with Crippen molar-refractivity contribution in [3.8, 4) is 23.4 Å². The van der Waals surface area contributed by atoms with Gasteiger partial charge in [-0.1, -0.05) is 23.8 Å². The first-order valence-corrected chi connectivity index (χ1v) is 9.31. The van der Waals surface area contributed by atoms with Crippen LogP contribution in [0.5, 0.6) is 17.4 Å². The number of aromatic nitrogens is 2. The van der Waals surface area contributed by atoms with Crippen LogP contribution in [0.3, 0.4) is 0 Å². The maximum absolute atomic E-state index is 13.8. The van der Waals surface area contributed by atoms with Crippen molar-refractivity contribution in [1.82, 2.24) is 9.97 Å². The zero-order chi connectivity index (χ0) is 22.4. The van der Waals surface area contributed by atoms with Crippen LogP contribution in [0.15, 0.2) is 54.2 Å². The lowest BCUT2D eigenvalue weighted by Crippen LogP contribution is -2.13. The highest BCUT2D eigenvalue weighted by Gasteiger charge is 2.14. The van der Waals surface area contributed by atoms with Crippen molar-refractivity contribution in [3.63, 3.8) is 0 Å². The number of hydrogen-bond acceptors (Lipinski definition) is 6. The number of ether oxygens (including phenoxy) is 2. The van der Waals surface area contributed by atoms with Gasteiger partial charge < -0.3 is 14.8 Å². The van der Waals surface area contributed by atoms with Gasteiger partial charge in [-0.05, 0) is 54.4 Å². The number of aryl methyl sites for hydroxylation is 1. The van der Waals surface area contributed by atoms with Crippen molar-refractivity contribution in [3.05, 3.63) is 76.5 Å². The Morgan fingerprint density at radius 2 is 1.97 bits per heavy atom. The largest absolute Gasteiger partial charge is 0.493 e. The molecule has 0 atom stereocenters. The van der Waals surface area contributed by atoms with Crippen molar-refractivity contribution in [2.45, 2.75) is 6.92 Å². The van der Waals surface area contributed by atoms with E-state index >= 15 is 0 Å². The molecule has 31 heavy (non-hydrogen) atoms. The lowest BCUT2D eigenvalue weighted by Gasteiger charge is -2.11. The van der Waals surface area contributed by atoms with Gasteiger partial charge in [0.25, 0.3) is 11.8 Å². The molecule has 0 radical (unpaired) electrons. The first kappa shape index (κ1) is 21.7. The number of methoxy groups -OCH3 is 1. The molecule has 0 aliphatic carbocycles. The van der Waals surface area contributed by atoms with Gasteiger partial charge in [-0.25, -0.2) is 4.98 Å². The third kappa shape index (κ3) is 5.56. The number of hydrogen-bond donors (Lipinski definition) is 1. The Bertz CT molecular complexity index is 1190. The number of carbonyl (C=O) groups excluding carboxylic acids is 1. The average molecular weight is 439 g/mol. The van der Waals surface area contributed by atoms with Crippen LogP contribution in [0.2, 0.25) is 5.28 Å². The molecule has 0 fully saturated rings. The molecule has 7 nitrogen and oxygen atoms in total. The van der Waals surface area contributed by atoms with Crippen LogP contribution in [0, 0.1) is 24.1 Å². The normalized spacial score (nSPS) is 10.9. The van der Waals surface area contributed by atoms with Gasteiger partial charge >= 0.3 is 0 Å². The molecular weight excluding hydrogens is 423 g/mol. The molecule has 156 valence electrons. The molecule has 3 rings (SSSR count). The second-order valence-electron chi connectivity index (χ2n) is 6.29. The molecule has 0 saturated heterocycles. The highest BCUT2D eigenvalue weighted by atomic mass is 35.5. The van der Waals surface area contributed by atoms with Gasteiger partial charge in [-0.15, -0.1) is 0 Å². The van der Waals surface area contributed by atoms with Gasteiger partial charge in [-0.2, -0.15) is 14.6 Å². The van der Waals surface area contributed by atoms with E-state index in [2.05, 4.69) is 15.3 Å². The lowest BCUT2D eigenvalue weighted by atomic mass is 10.1. The van der Waals surface area contributed by atoms with Crippen LogP contribution in [0.1, 0.15) is 11.1 Å². The van der Waals surface area contributed by atoms with Gasteiger partial charge in [-0.3, -0.25) is 4.79 Å². The zero-order valence-corrected chi connectivity index (χ0v) is 17.3. The molecule has 0 saturated carbocycles. The van der Waals surface area contributed by atoms with Crippen molar-refractivity contribution in [2.24, 2.45) is 0 Å². The molecule has 2 aromatic carbocycles. The van der Waals surface area contributed by atoms with Crippen LogP contribution in [0.4, 0.5) is 10.1 Å². The number of anilines is 1.